The molecule has 0 unspecified atom stereocenters. The first kappa shape index (κ1) is 16.7. The Morgan fingerprint density at radius 1 is 1.38 bits per heavy atom. The highest BCUT2D eigenvalue weighted by Crippen LogP contribution is 2.30. The first-order chi connectivity index (χ1) is 9.86. The smallest absolute Gasteiger partial charge is 0.244 e. The molecule has 1 amide bonds. The van der Waals surface area contributed by atoms with Gasteiger partial charge in [0.1, 0.15) is 4.90 Å². The van der Waals surface area contributed by atoms with Crippen molar-refractivity contribution >= 4 is 43.5 Å². The van der Waals surface area contributed by atoms with E-state index in [1.54, 1.807) is 19.2 Å². The Morgan fingerprint density at radius 3 is 2.52 bits per heavy atom. The zero-order chi connectivity index (χ0) is 15.6. The van der Waals surface area contributed by atoms with Crippen molar-refractivity contribution in [3.63, 3.8) is 0 Å². The van der Waals surface area contributed by atoms with E-state index in [0.717, 1.165) is 4.47 Å². The van der Waals surface area contributed by atoms with Crippen LogP contribution in [0.25, 0.3) is 0 Å². The summed E-state index contributed by atoms with van der Waals surface area (Å²) in [6, 6.07) is 4.70. The first-order valence-corrected chi connectivity index (χ1v) is 9.14. The molecule has 0 spiro atoms. The molecule has 1 N–H and O–H groups in total. The van der Waals surface area contributed by atoms with Gasteiger partial charge in [0.05, 0.1) is 5.02 Å². The predicted octanol–water partition coefficient (Wildman–Crippen LogP) is 2.25. The molecular formula is C13H16BrClN2O3S. The Balaban J connectivity index is 2.17. The van der Waals surface area contributed by atoms with Gasteiger partial charge in [0, 0.05) is 30.5 Å². The number of halogens is 2. The van der Waals surface area contributed by atoms with Crippen LogP contribution in [0, 0.1) is 5.92 Å². The van der Waals surface area contributed by atoms with Crippen molar-refractivity contribution in [2.24, 2.45) is 5.92 Å². The largest absolute Gasteiger partial charge is 0.359 e. The van der Waals surface area contributed by atoms with Gasteiger partial charge in [-0.1, -0.05) is 27.5 Å². The van der Waals surface area contributed by atoms with E-state index in [9.17, 15) is 13.2 Å². The van der Waals surface area contributed by atoms with E-state index in [4.69, 9.17) is 11.6 Å². The van der Waals surface area contributed by atoms with Crippen molar-refractivity contribution in [2.45, 2.75) is 17.7 Å². The van der Waals surface area contributed by atoms with Gasteiger partial charge in [-0.05, 0) is 31.0 Å². The van der Waals surface area contributed by atoms with Gasteiger partial charge in [-0.3, -0.25) is 4.79 Å². The molecule has 21 heavy (non-hydrogen) atoms. The molecular weight excluding hydrogens is 380 g/mol. The van der Waals surface area contributed by atoms with E-state index in [2.05, 4.69) is 21.2 Å². The number of piperidine rings is 1. The van der Waals surface area contributed by atoms with Crippen LogP contribution in [0.5, 0.6) is 0 Å². The summed E-state index contributed by atoms with van der Waals surface area (Å²) in [6.45, 7) is 0.652. The third-order valence-electron chi connectivity index (χ3n) is 3.58. The molecule has 2 rings (SSSR count). The number of sulfonamides is 1. The second-order valence-electron chi connectivity index (χ2n) is 4.87. The van der Waals surface area contributed by atoms with Gasteiger partial charge >= 0.3 is 0 Å². The monoisotopic (exact) mass is 394 g/mol. The van der Waals surface area contributed by atoms with Crippen LogP contribution in [0.3, 0.4) is 0 Å². The molecule has 0 radical (unpaired) electrons. The Bertz CT molecular complexity index is 643. The van der Waals surface area contributed by atoms with Crippen molar-refractivity contribution in [1.29, 1.82) is 0 Å². The number of rotatable bonds is 3. The molecule has 116 valence electrons. The van der Waals surface area contributed by atoms with Crippen LogP contribution in [0.15, 0.2) is 27.6 Å². The zero-order valence-corrected chi connectivity index (χ0v) is 14.6. The molecule has 1 fully saturated rings. The summed E-state index contributed by atoms with van der Waals surface area (Å²) in [5.41, 5.74) is 0. The lowest BCUT2D eigenvalue weighted by molar-refractivity contribution is -0.125. The number of benzene rings is 1. The summed E-state index contributed by atoms with van der Waals surface area (Å²) >= 11 is 9.29. The number of hydrogen-bond acceptors (Lipinski definition) is 3. The Labute approximate surface area is 137 Å². The average Bonchev–Trinajstić information content (AvgIpc) is 2.46. The molecule has 0 atom stereocenters. The summed E-state index contributed by atoms with van der Waals surface area (Å²) in [4.78, 5) is 11.7. The molecule has 1 heterocycles. The number of carbonyl (C=O) groups excluding carboxylic acids is 1. The quantitative estimate of drug-likeness (QED) is 0.853. The summed E-state index contributed by atoms with van der Waals surface area (Å²) in [7, 11) is -2.03. The van der Waals surface area contributed by atoms with Crippen LogP contribution in [-0.4, -0.2) is 38.8 Å². The molecule has 1 aliphatic rings. The zero-order valence-electron chi connectivity index (χ0n) is 11.5. The molecule has 0 aliphatic carbocycles. The highest BCUT2D eigenvalue weighted by atomic mass is 79.9. The summed E-state index contributed by atoms with van der Waals surface area (Å²) in [5.74, 6) is -0.157. The maximum absolute atomic E-state index is 12.6. The van der Waals surface area contributed by atoms with Crippen LogP contribution in [-0.2, 0) is 14.8 Å². The highest BCUT2D eigenvalue weighted by molar-refractivity contribution is 9.10. The van der Waals surface area contributed by atoms with Crippen LogP contribution < -0.4 is 5.32 Å². The fraction of sp³-hybridized carbons (Fsp3) is 0.462. The third-order valence-corrected chi connectivity index (χ3v) is 6.46. The second-order valence-corrected chi connectivity index (χ2v) is 8.10. The Kier molecular flexibility index (Phi) is 5.29. The third kappa shape index (κ3) is 3.59. The van der Waals surface area contributed by atoms with E-state index < -0.39 is 10.0 Å². The lowest BCUT2D eigenvalue weighted by Gasteiger charge is -2.30. The second kappa shape index (κ2) is 6.64. The minimum Gasteiger partial charge on any atom is -0.359 e. The minimum atomic E-state index is -3.62. The Morgan fingerprint density at radius 2 is 2.00 bits per heavy atom. The maximum Gasteiger partial charge on any atom is 0.244 e. The molecule has 0 saturated carbocycles. The van der Waals surface area contributed by atoms with Gasteiger partial charge in [-0.25, -0.2) is 8.42 Å². The van der Waals surface area contributed by atoms with E-state index in [1.807, 2.05) is 0 Å². The van der Waals surface area contributed by atoms with Gasteiger partial charge < -0.3 is 5.32 Å². The van der Waals surface area contributed by atoms with Crippen molar-refractivity contribution in [3.05, 3.63) is 27.7 Å². The molecule has 8 heteroatoms. The summed E-state index contributed by atoms with van der Waals surface area (Å²) in [6.07, 6.45) is 1.04. The normalized spacial score (nSPS) is 17.7. The van der Waals surface area contributed by atoms with Gasteiger partial charge in [0.25, 0.3) is 0 Å². The molecule has 5 nitrogen and oxygen atoms in total. The van der Waals surface area contributed by atoms with Crippen molar-refractivity contribution in [1.82, 2.24) is 9.62 Å². The average molecular weight is 396 g/mol. The van der Waals surface area contributed by atoms with Crippen LogP contribution in [0.4, 0.5) is 0 Å². The number of hydrogen-bond donors (Lipinski definition) is 1. The van der Waals surface area contributed by atoms with E-state index >= 15 is 0 Å². The molecule has 1 aromatic carbocycles. The van der Waals surface area contributed by atoms with E-state index in [0.29, 0.717) is 25.9 Å². The highest BCUT2D eigenvalue weighted by Gasteiger charge is 2.32. The SMILES string of the molecule is CNC(=O)C1CCN(S(=O)(=O)c2ccc(Br)cc2Cl)CC1. The van der Waals surface area contributed by atoms with Gasteiger partial charge in [0.15, 0.2) is 0 Å². The molecule has 1 aliphatic heterocycles. The number of nitrogens with one attached hydrogen (secondary N) is 1. The molecule has 0 aromatic heterocycles. The van der Waals surface area contributed by atoms with Crippen LogP contribution >= 0.6 is 27.5 Å². The number of nitrogens with zero attached hydrogens (tertiary/aromatic N) is 1. The number of amides is 1. The van der Waals surface area contributed by atoms with Gasteiger partial charge in [-0.2, -0.15) is 4.31 Å². The molecule has 1 saturated heterocycles. The van der Waals surface area contributed by atoms with E-state index in [1.165, 1.54) is 10.4 Å². The lowest BCUT2D eigenvalue weighted by atomic mass is 9.97. The Hall–Kier alpha value is -0.630. The maximum atomic E-state index is 12.6. The standard InChI is InChI=1S/C13H16BrClN2O3S/c1-16-13(18)9-4-6-17(7-5-9)21(19,20)12-3-2-10(14)8-11(12)15/h2-3,8-9H,4-7H2,1H3,(H,16,18). The lowest BCUT2D eigenvalue weighted by Crippen LogP contribution is -2.42. The van der Waals surface area contributed by atoms with Gasteiger partial charge in [0.2, 0.25) is 15.9 Å². The summed E-state index contributed by atoms with van der Waals surface area (Å²) in [5, 5.41) is 2.79. The van der Waals surface area contributed by atoms with Crippen LogP contribution in [0.2, 0.25) is 5.02 Å². The molecule has 0 bridgehead atoms. The van der Waals surface area contributed by atoms with Crippen LogP contribution in [0.1, 0.15) is 12.8 Å². The topological polar surface area (TPSA) is 66.5 Å². The van der Waals surface area contributed by atoms with Gasteiger partial charge in [-0.15, -0.1) is 0 Å². The van der Waals surface area contributed by atoms with Crippen molar-refractivity contribution in [2.75, 3.05) is 20.1 Å². The molecule has 1 aromatic rings. The number of carbonyl (C=O) groups is 1. The van der Waals surface area contributed by atoms with Crippen molar-refractivity contribution in [3.8, 4) is 0 Å². The summed E-state index contributed by atoms with van der Waals surface area (Å²) < 4.78 is 27.3. The first-order valence-electron chi connectivity index (χ1n) is 6.53. The van der Waals surface area contributed by atoms with E-state index in [-0.39, 0.29) is 21.7 Å². The predicted molar refractivity (Wildman–Crippen MR) is 84.7 cm³/mol. The fourth-order valence-corrected chi connectivity index (χ4v) is 4.87. The fourth-order valence-electron chi connectivity index (χ4n) is 2.39. The van der Waals surface area contributed by atoms with Crippen molar-refractivity contribution < 1.29 is 13.2 Å². The minimum absolute atomic E-state index is 0.0336.